The molecule has 0 aliphatic rings. The lowest BCUT2D eigenvalue weighted by Gasteiger charge is -2.07. The molecule has 0 spiro atoms. The lowest BCUT2D eigenvalue weighted by molar-refractivity contribution is 0.576. The monoisotopic (exact) mass is 371 g/mol. The minimum Gasteiger partial charge on any atom is -0.398 e. The van der Waals surface area contributed by atoms with Crippen LogP contribution in [0.25, 0.3) is 0 Å². The van der Waals surface area contributed by atoms with E-state index in [1.54, 1.807) is 0 Å². The minimum absolute atomic E-state index is 0.0131. The summed E-state index contributed by atoms with van der Waals surface area (Å²) in [5.41, 5.74) is 5.98. The van der Waals surface area contributed by atoms with Gasteiger partial charge in [0.2, 0.25) is 20.0 Å². The van der Waals surface area contributed by atoms with E-state index in [0.29, 0.717) is 10.2 Å². The third kappa shape index (κ3) is 5.45. The second-order valence-electron chi connectivity index (χ2n) is 3.80. The standard InChI is InChI=1S/C9H14BrN3O4S2/c10-8-6-7(2-3-9(8)11)19(16,17)13-4-1-5-18(12,14)15/h2-3,6,13H,1,4-5,11H2,(H2,12,14,15). The van der Waals surface area contributed by atoms with E-state index in [-0.39, 0.29) is 23.6 Å². The van der Waals surface area contributed by atoms with Crippen LogP contribution in [0.4, 0.5) is 5.69 Å². The zero-order valence-corrected chi connectivity index (χ0v) is 13.1. The third-order valence-electron chi connectivity index (χ3n) is 2.18. The minimum atomic E-state index is -3.69. The fourth-order valence-electron chi connectivity index (χ4n) is 1.24. The summed E-state index contributed by atoms with van der Waals surface area (Å²) in [6.45, 7) is -0.0131. The maximum atomic E-state index is 11.9. The zero-order valence-electron chi connectivity index (χ0n) is 9.84. The number of primary sulfonamides is 1. The van der Waals surface area contributed by atoms with Gasteiger partial charge in [-0.25, -0.2) is 26.7 Å². The second kappa shape index (κ2) is 6.18. The Morgan fingerprint density at radius 1 is 1.21 bits per heavy atom. The molecule has 19 heavy (non-hydrogen) atoms. The number of rotatable bonds is 6. The first kappa shape index (κ1) is 16.4. The maximum absolute atomic E-state index is 11.9. The van der Waals surface area contributed by atoms with Crippen molar-refractivity contribution in [3.05, 3.63) is 22.7 Å². The molecule has 1 aromatic rings. The van der Waals surface area contributed by atoms with E-state index in [9.17, 15) is 16.8 Å². The molecule has 0 aliphatic carbocycles. The fraction of sp³-hybridized carbons (Fsp3) is 0.333. The molecule has 0 fully saturated rings. The van der Waals surface area contributed by atoms with E-state index in [1.165, 1.54) is 18.2 Å². The summed E-state index contributed by atoms with van der Waals surface area (Å²) < 4.78 is 47.9. The average molecular weight is 372 g/mol. The summed E-state index contributed by atoms with van der Waals surface area (Å²) in [6, 6.07) is 4.20. The van der Waals surface area contributed by atoms with E-state index in [2.05, 4.69) is 20.7 Å². The van der Waals surface area contributed by atoms with Crippen LogP contribution in [0, 0.1) is 0 Å². The number of benzene rings is 1. The first-order valence-electron chi connectivity index (χ1n) is 5.17. The summed E-state index contributed by atoms with van der Waals surface area (Å²) in [5.74, 6) is -0.277. The van der Waals surface area contributed by atoms with Gasteiger partial charge in [0.05, 0.1) is 10.6 Å². The van der Waals surface area contributed by atoms with E-state index < -0.39 is 20.0 Å². The summed E-state index contributed by atoms with van der Waals surface area (Å²) in [5, 5.41) is 4.81. The largest absolute Gasteiger partial charge is 0.398 e. The van der Waals surface area contributed by atoms with Gasteiger partial charge < -0.3 is 5.73 Å². The number of nitrogen functional groups attached to an aromatic ring is 1. The first-order chi connectivity index (χ1) is 8.62. The van der Waals surface area contributed by atoms with Crippen LogP contribution in [0.15, 0.2) is 27.6 Å². The molecule has 108 valence electrons. The van der Waals surface area contributed by atoms with E-state index in [0.717, 1.165) is 0 Å². The highest BCUT2D eigenvalue weighted by Gasteiger charge is 2.14. The van der Waals surface area contributed by atoms with Crippen LogP contribution >= 0.6 is 15.9 Å². The van der Waals surface area contributed by atoms with Gasteiger partial charge in [0.1, 0.15) is 0 Å². The SMILES string of the molecule is Nc1ccc(S(=O)(=O)NCCCS(N)(=O)=O)cc1Br. The number of anilines is 1. The van der Waals surface area contributed by atoms with Crippen LogP contribution in [-0.4, -0.2) is 29.1 Å². The number of hydrogen-bond acceptors (Lipinski definition) is 5. The number of nitrogens with one attached hydrogen (secondary N) is 1. The topological polar surface area (TPSA) is 132 Å². The van der Waals surface area contributed by atoms with Crippen molar-refractivity contribution in [2.75, 3.05) is 18.0 Å². The Bertz CT molecular complexity index is 658. The Morgan fingerprint density at radius 2 is 1.84 bits per heavy atom. The Hall–Kier alpha value is -0.680. The number of sulfonamides is 2. The highest BCUT2D eigenvalue weighted by molar-refractivity contribution is 9.10. The van der Waals surface area contributed by atoms with Crippen LogP contribution in [-0.2, 0) is 20.0 Å². The van der Waals surface area contributed by atoms with Gasteiger partial charge in [0.25, 0.3) is 0 Å². The molecule has 0 unspecified atom stereocenters. The molecule has 5 N–H and O–H groups in total. The van der Waals surface area contributed by atoms with Crippen LogP contribution in [0.3, 0.4) is 0 Å². The number of hydrogen-bond donors (Lipinski definition) is 3. The molecule has 1 rings (SSSR count). The van der Waals surface area contributed by atoms with Gasteiger partial charge >= 0.3 is 0 Å². The molecular weight excluding hydrogens is 358 g/mol. The summed E-state index contributed by atoms with van der Waals surface area (Å²) in [4.78, 5) is 0.0455. The Balaban J connectivity index is 2.68. The van der Waals surface area contributed by atoms with Crippen molar-refractivity contribution in [1.29, 1.82) is 0 Å². The van der Waals surface area contributed by atoms with Crippen LogP contribution in [0.1, 0.15) is 6.42 Å². The van der Waals surface area contributed by atoms with Gasteiger partial charge in [-0.05, 0) is 40.5 Å². The molecule has 0 amide bonds. The van der Waals surface area contributed by atoms with Gasteiger partial charge in [-0.15, -0.1) is 0 Å². The van der Waals surface area contributed by atoms with Crippen molar-refractivity contribution in [2.24, 2.45) is 5.14 Å². The van der Waals surface area contributed by atoms with Crippen molar-refractivity contribution in [3.63, 3.8) is 0 Å². The molecule has 0 aliphatic heterocycles. The van der Waals surface area contributed by atoms with Gasteiger partial charge in [-0.3, -0.25) is 0 Å². The molecule has 0 saturated carbocycles. The van der Waals surface area contributed by atoms with Crippen molar-refractivity contribution in [1.82, 2.24) is 4.72 Å². The maximum Gasteiger partial charge on any atom is 0.240 e. The lowest BCUT2D eigenvalue weighted by Crippen LogP contribution is -2.27. The highest BCUT2D eigenvalue weighted by Crippen LogP contribution is 2.22. The van der Waals surface area contributed by atoms with Crippen molar-refractivity contribution in [2.45, 2.75) is 11.3 Å². The molecule has 0 bridgehead atoms. The quantitative estimate of drug-likeness (QED) is 0.477. The van der Waals surface area contributed by atoms with Crippen LogP contribution in [0.5, 0.6) is 0 Å². The van der Waals surface area contributed by atoms with Crippen LogP contribution in [0.2, 0.25) is 0 Å². The normalized spacial score (nSPS) is 12.5. The number of halogens is 1. The molecule has 0 aromatic heterocycles. The zero-order chi connectivity index (χ0) is 14.7. The molecule has 0 atom stereocenters. The van der Waals surface area contributed by atoms with Crippen LogP contribution < -0.4 is 15.6 Å². The molecular formula is C9H14BrN3O4S2. The molecule has 0 saturated heterocycles. The Morgan fingerprint density at radius 3 is 2.37 bits per heavy atom. The fourth-order valence-corrected chi connectivity index (χ4v) is 3.42. The van der Waals surface area contributed by atoms with Crippen molar-refractivity contribution < 1.29 is 16.8 Å². The van der Waals surface area contributed by atoms with Gasteiger partial charge in [0, 0.05) is 16.7 Å². The molecule has 1 aromatic carbocycles. The van der Waals surface area contributed by atoms with Gasteiger partial charge in [-0.2, -0.15) is 0 Å². The summed E-state index contributed by atoms with van der Waals surface area (Å²) in [7, 11) is -7.27. The highest BCUT2D eigenvalue weighted by atomic mass is 79.9. The summed E-state index contributed by atoms with van der Waals surface area (Å²) in [6.07, 6.45) is 0.105. The van der Waals surface area contributed by atoms with Crippen molar-refractivity contribution >= 4 is 41.7 Å². The van der Waals surface area contributed by atoms with E-state index in [4.69, 9.17) is 10.9 Å². The Kier molecular flexibility index (Phi) is 5.33. The molecule has 10 heteroatoms. The smallest absolute Gasteiger partial charge is 0.240 e. The number of nitrogens with two attached hydrogens (primary N) is 2. The first-order valence-corrected chi connectivity index (χ1v) is 9.16. The molecule has 7 nitrogen and oxygen atoms in total. The predicted octanol–water partition coefficient (Wildman–Crippen LogP) is -0.0118. The Labute approximate surface area is 120 Å². The van der Waals surface area contributed by atoms with Gasteiger partial charge in [-0.1, -0.05) is 0 Å². The molecule has 0 heterocycles. The lowest BCUT2D eigenvalue weighted by atomic mass is 10.3. The third-order valence-corrected chi connectivity index (χ3v) is 5.18. The van der Waals surface area contributed by atoms with E-state index in [1.807, 2.05) is 0 Å². The predicted molar refractivity (Wildman–Crippen MR) is 76.3 cm³/mol. The summed E-state index contributed by atoms with van der Waals surface area (Å²) >= 11 is 3.13. The average Bonchev–Trinajstić information content (AvgIpc) is 2.27. The second-order valence-corrected chi connectivity index (χ2v) is 8.16. The molecule has 0 radical (unpaired) electrons. The van der Waals surface area contributed by atoms with Crippen molar-refractivity contribution in [3.8, 4) is 0 Å². The van der Waals surface area contributed by atoms with E-state index >= 15 is 0 Å². The van der Waals surface area contributed by atoms with Gasteiger partial charge in [0.15, 0.2) is 0 Å².